The highest BCUT2D eigenvalue weighted by Crippen LogP contribution is 2.30. The van der Waals surface area contributed by atoms with Gasteiger partial charge in [0.05, 0.1) is 49.5 Å². The average molecular weight is 501 g/mol. The van der Waals surface area contributed by atoms with Crippen LogP contribution in [0.5, 0.6) is 11.5 Å². The number of halogens is 2. The lowest BCUT2D eigenvalue weighted by molar-refractivity contribution is -0.0569. The summed E-state index contributed by atoms with van der Waals surface area (Å²) >= 11 is 6.28. The van der Waals surface area contributed by atoms with E-state index >= 15 is 0 Å². The summed E-state index contributed by atoms with van der Waals surface area (Å²) < 4.78 is 32.3. The third-order valence-corrected chi connectivity index (χ3v) is 6.62. The van der Waals surface area contributed by atoms with Crippen LogP contribution in [0.2, 0.25) is 5.02 Å². The molecule has 0 unspecified atom stereocenters. The number of hydrogen-bond acceptors (Lipinski definition) is 7. The second-order valence-corrected chi connectivity index (χ2v) is 9.40. The number of ether oxygens (including phenoxy) is 3. The van der Waals surface area contributed by atoms with Crippen LogP contribution in [0, 0.1) is 0 Å². The fraction of sp³-hybridized carbons (Fsp3) is 0.360. The molecule has 8 nitrogen and oxygen atoms in total. The number of nitrogens with one attached hydrogen (secondary N) is 1. The van der Waals surface area contributed by atoms with Crippen molar-refractivity contribution in [3.05, 3.63) is 75.7 Å². The Kier molecular flexibility index (Phi) is 6.50. The first-order chi connectivity index (χ1) is 16.9. The molecule has 10 heteroatoms. The molecule has 2 aliphatic rings. The maximum absolute atomic E-state index is 14.8. The Bertz CT molecular complexity index is 1240. The van der Waals surface area contributed by atoms with Gasteiger partial charge in [-0.05, 0) is 54.8 Å². The second kappa shape index (κ2) is 9.58. The van der Waals surface area contributed by atoms with E-state index in [0.29, 0.717) is 49.8 Å². The molecule has 0 aliphatic carbocycles. The average Bonchev–Trinajstić information content (AvgIpc) is 2.85. The molecule has 0 spiro atoms. The molecule has 3 N–H and O–H groups in total. The Hall–Kier alpha value is -2.98. The SMILES string of the molecule is NC1(c2ccc(Oc3ccc(-n4ncc(NC[C@@]5(F)CCCOC5)c(Cl)c4=O)cc3)cc2)COC1. The number of aromatic nitrogens is 2. The zero-order valence-corrected chi connectivity index (χ0v) is 19.8. The molecule has 1 aromatic heterocycles. The molecule has 0 amide bonds. The van der Waals surface area contributed by atoms with Crippen molar-refractivity contribution in [3.8, 4) is 17.2 Å². The van der Waals surface area contributed by atoms with Gasteiger partial charge in [0, 0.05) is 6.61 Å². The van der Waals surface area contributed by atoms with E-state index in [1.165, 1.54) is 10.9 Å². The van der Waals surface area contributed by atoms with Crippen molar-refractivity contribution in [2.75, 3.05) is 38.3 Å². The first kappa shape index (κ1) is 23.7. The standard InChI is InChI=1S/C25H26ClFN4O4/c26-22-21(29-13-24(27)10-1-11-33-14-24)12-30-31(23(22)32)18-4-8-20(9-5-18)35-19-6-2-17(3-7-19)25(28)15-34-16-25/h2-9,12,29H,1,10-11,13-16,28H2/t24-/m0/s1. The summed E-state index contributed by atoms with van der Waals surface area (Å²) in [4.78, 5) is 12.8. The monoisotopic (exact) mass is 500 g/mol. The van der Waals surface area contributed by atoms with Crippen LogP contribution in [0.4, 0.5) is 10.1 Å². The molecule has 3 aromatic rings. The third-order valence-electron chi connectivity index (χ3n) is 6.25. The first-order valence-electron chi connectivity index (χ1n) is 11.4. The highest BCUT2D eigenvalue weighted by Gasteiger charge is 2.36. The lowest BCUT2D eigenvalue weighted by Gasteiger charge is -2.38. The van der Waals surface area contributed by atoms with Crippen LogP contribution in [0.25, 0.3) is 5.69 Å². The van der Waals surface area contributed by atoms with Crippen molar-refractivity contribution in [1.82, 2.24) is 9.78 Å². The minimum Gasteiger partial charge on any atom is -0.457 e. The van der Waals surface area contributed by atoms with Crippen LogP contribution in [0.1, 0.15) is 18.4 Å². The minimum atomic E-state index is -1.50. The molecule has 1 atom stereocenters. The summed E-state index contributed by atoms with van der Waals surface area (Å²) in [6.45, 7) is 1.59. The van der Waals surface area contributed by atoms with E-state index in [-0.39, 0.29) is 23.9 Å². The molecule has 2 aliphatic heterocycles. The fourth-order valence-electron chi connectivity index (χ4n) is 4.09. The molecule has 184 valence electrons. The summed E-state index contributed by atoms with van der Waals surface area (Å²) in [6, 6.07) is 14.5. The number of nitrogens with two attached hydrogens (primary N) is 1. The highest BCUT2D eigenvalue weighted by molar-refractivity contribution is 6.32. The van der Waals surface area contributed by atoms with Gasteiger partial charge in [0.1, 0.15) is 16.5 Å². The van der Waals surface area contributed by atoms with Gasteiger partial charge in [-0.25, -0.2) is 4.39 Å². The van der Waals surface area contributed by atoms with Gasteiger partial charge in [-0.2, -0.15) is 9.78 Å². The second-order valence-electron chi connectivity index (χ2n) is 9.02. The smallest absolute Gasteiger partial charge is 0.292 e. The van der Waals surface area contributed by atoms with Crippen LogP contribution in [0.15, 0.2) is 59.5 Å². The van der Waals surface area contributed by atoms with Gasteiger partial charge in [0.2, 0.25) is 0 Å². The van der Waals surface area contributed by atoms with E-state index in [1.807, 2.05) is 24.3 Å². The van der Waals surface area contributed by atoms with E-state index in [4.69, 9.17) is 31.5 Å². The predicted molar refractivity (Wildman–Crippen MR) is 130 cm³/mol. The molecule has 2 saturated heterocycles. The number of hydrogen-bond donors (Lipinski definition) is 2. The summed E-state index contributed by atoms with van der Waals surface area (Å²) in [5.74, 6) is 1.25. The normalized spacial score (nSPS) is 21.2. The summed E-state index contributed by atoms with van der Waals surface area (Å²) in [5.41, 5.74) is 5.62. The molecule has 2 fully saturated rings. The third kappa shape index (κ3) is 5.04. The van der Waals surface area contributed by atoms with Crippen molar-refractivity contribution in [2.24, 2.45) is 5.73 Å². The van der Waals surface area contributed by atoms with Crippen molar-refractivity contribution in [1.29, 1.82) is 0 Å². The van der Waals surface area contributed by atoms with E-state index < -0.39 is 16.8 Å². The molecule has 0 bridgehead atoms. The Morgan fingerprint density at radius 1 is 1.09 bits per heavy atom. The van der Waals surface area contributed by atoms with Gasteiger partial charge in [-0.15, -0.1) is 0 Å². The number of nitrogens with zero attached hydrogens (tertiary/aromatic N) is 2. The minimum absolute atomic E-state index is 0.00902. The van der Waals surface area contributed by atoms with Gasteiger partial charge < -0.3 is 25.3 Å². The summed E-state index contributed by atoms with van der Waals surface area (Å²) in [5, 5.41) is 7.04. The van der Waals surface area contributed by atoms with E-state index in [0.717, 1.165) is 5.56 Å². The van der Waals surface area contributed by atoms with Crippen LogP contribution in [0.3, 0.4) is 0 Å². The fourth-order valence-corrected chi connectivity index (χ4v) is 4.28. The van der Waals surface area contributed by atoms with Crippen molar-refractivity contribution in [2.45, 2.75) is 24.0 Å². The largest absolute Gasteiger partial charge is 0.457 e. The van der Waals surface area contributed by atoms with E-state index in [1.54, 1.807) is 24.3 Å². The number of rotatable bonds is 7. The molecular formula is C25H26ClFN4O4. The Balaban J connectivity index is 1.25. The molecule has 3 heterocycles. The predicted octanol–water partition coefficient (Wildman–Crippen LogP) is 3.79. The zero-order valence-electron chi connectivity index (χ0n) is 19.0. The van der Waals surface area contributed by atoms with Crippen LogP contribution in [-0.2, 0) is 15.0 Å². The van der Waals surface area contributed by atoms with Gasteiger partial charge in [0.15, 0.2) is 5.67 Å². The summed E-state index contributed by atoms with van der Waals surface area (Å²) in [7, 11) is 0. The van der Waals surface area contributed by atoms with Crippen molar-refractivity contribution < 1.29 is 18.6 Å². The molecule has 0 radical (unpaired) electrons. The Morgan fingerprint density at radius 2 is 1.77 bits per heavy atom. The number of anilines is 1. The number of alkyl halides is 1. The molecule has 5 rings (SSSR count). The quantitative estimate of drug-likeness (QED) is 0.509. The maximum Gasteiger partial charge on any atom is 0.292 e. The molecule has 0 saturated carbocycles. The number of benzene rings is 2. The summed E-state index contributed by atoms with van der Waals surface area (Å²) in [6.07, 6.45) is 2.46. The van der Waals surface area contributed by atoms with Gasteiger partial charge in [0.25, 0.3) is 5.56 Å². The van der Waals surface area contributed by atoms with Gasteiger partial charge in [-0.3, -0.25) is 4.79 Å². The Labute approximate surface area is 206 Å². The lowest BCUT2D eigenvalue weighted by atomic mass is 9.89. The van der Waals surface area contributed by atoms with Crippen LogP contribution in [-0.4, -0.2) is 48.4 Å². The first-order valence-corrected chi connectivity index (χ1v) is 11.8. The highest BCUT2D eigenvalue weighted by atomic mass is 35.5. The topological polar surface area (TPSA) is 101 Å². The van der Waals surface area contributed by atoms with Crippen molar-refractivity contribution >= 4 is 17.3 Å². The molecular weight excluding hydrogens is 475 g/mol. The maximum atomic E-state index is 14.8. The van der Waals surface area contributed by atoms with Crippen molar-refractivity contribution in [3.63, 3.8) is 0 Å². The lowest BCUT2D eigenvalue weighted by Crippen LogP contribution is -2.54. The zero-order chi connectivity index (χ0) is 24.5. The van der Waals surface area contributed by atoms with Crippen LogP contribution >= 0.6 is 11.6 Å². The molecule has 35 heavy (non-hydrogen) atoms. The van der Waals surface area contributed by atoms with E-state index in [9.17, 15) is 9.18 Å². The van der Waals surface area contributed by atoms with Gasteiger partial charge >= 0.3 is 0 Å². The van der Waals surface area contributed by atoms with Crippen LogP contribution < -0.4 is 21.3 Å². The Morgan fingerprint density at radius 3 is 2.37 bits per heavy atom. The van der Waals surface area contributed by atoms with E-state index in [2.05, 4.69) is 10.4 Å². The molecule has 2 aromatic carbocycles. The van der Waals surface area contributed by atoms with Gasteiger partial charge in [-0.1, -0.05) is 23.7 Å².